The van der Waals surface area contributed by atoms with Crippen LogP contribution in [0.1, 0.15) is 71.1 Å². The summed E-state index contributed by atoms with van der Waals surface area (Å²) in [5, 5.41) is 38.9. The van der Waals surface area contributed by atoms with E-state index in [1.165, 1.54) is 65.2 Å². The zero-order chi connectivity index (χ0) is 42.3. The molecular weight excluding hydrogens is 695 g/mol. The van der Waals surface area contributed by atoms with E-state index >= 15 is 0 Å². The molecule has 0 spiro atoms. The van der Waals surface area contributed by atoms with Crippen molar-refractivity contribution in [1.29, 1.82) is 0 Å². The zero-order valence-corrected chi connectivity index (χ0v) is 35.1. The third-order valence-electron chi connectivity index (χ3n) is 8.11. The van der Waals surface area contributed by atoms with Gasteiger partial charge in [-0.15, -0.1) is 0 Å². The Morgan fingerprint density at radius 2 is 0.745 bits per heavy atom. The zero-order valence-electron chi connectivity index (χ0n) is 35.1. The monoisotopic (exact) mass is 759 g/mol. The van der Waals surface area contributed by atoms with E-state index in [1.54, 1.807) is 0 Å². The number of para-hydroxylation sites is 3. The summed E-state index contributed by atoms with van der Waals surface area (Å²) in [5.74, 6) is -5.98. The van der Waals surface area contributed by atoms with Gasteiger partial charge in [0.05, 0.1) is 48.3 Å². The number of quaternary nitrogens is 3. The predicted molar refractivity (Wildman–Crippen MR) is 215 cm³/mol. The summed E-state index contributed by atoms with van der Waals surface area (Å²) in [5.41, 5.74) is 9.63. The van der Waals surface area contributed by atoms with Gasteiger partial charge in [-0.05, 0) is 79.0 Å². The van der Waals surface area contributed by atoms with Crippen molar-refractivity contribution in [2.24, 2.45) is 0 Å². The summed E-state index contributed by atoms with van der Waals surface area (Å²) < 4.78 is 0. The van der Waals surface area contributed by atoms with Gasteiger partial charge < -0.3 is 49.5 Å². The number of allylic oxidation sites excluding steroid dienone is 6. The van der Waals surface area contributed by atoms with Gasteiger partial charge in [-0.25, -0.2) is 0 Å². The Labute approximate surface area is 329 Å². The molecule has 0 bridgehead atoms. The van der Waals surface area contributed by atoms with E-state index in [-0.39, 0.29) is 0 Å². The average Bonchev–Trinajstić information content (AvgIpc) is 3.09. The number of aliphatic carboxylic acids is 3. The molecule has 3 aromatic rings. The second-order valence-corrected chi connectivity index (χ2v) is 14.8. The smallest absolute Gasteiger partial charge is 0.134 e. The first-order valence-corrected chi connectivity index (χ1v) is 18.5. The number of nitrogens with one attached hydrogen (secondary N) is 3. The van der Waals surface area contributed by atoms with Crippen LogP contribution in [0.25, 0.3) is 0 Å². The fourth-order valence-electron chi connectivity index (χ4n) is 5.18. The van der Waals surface area contributed by atoms with Crippen LogP contribution < -0.4 is 30.0 Å². The van der Waals surface area contributed by atoms with E-state index in [1.807, 2.05) is 0 Å². The van der Waals surface area contributed by atoms with Gasteiger partial charge in [0.1, 0.15) is 22.7 Å². The van der Waals surface area contributed by atoms with E-state index in [0.29, 0.717) is 0 Å². The lowest BCUT2D eigenvalue weighted by molar-refractivity contribution is -0.786. The summed E-state index contributed by atoms with van der Waals surface area (Å²) >= 11 is 0. The van der Waals surface area contributed by atoms with Crippen LogP contribution in [0.5, 0.6) is 0 Å². The molecule has 10 heteroatoms. The molecule has 0 heterocycles. The van der Waals surface area contributed by atoms with Gasteiger partial charge >= 0.3 is 0 Å². The van der Waals surface area contributed by atoms with E-state index in [4.69, 9.17) is 5.11 Å². The standard InChI is InChI=1S/3C13H19N.C6H8O7/c3*1-11(2)9-10-12-7-5-6-8-13(12)14(3)4;7-3(8)1-6(13,5(11)12)2-4(9)10/h3*5-9H,10H2,1-4H3;13H,1-2H2,(H,7,8)(H,9,10)(H,11,12). The number of hydrogen-bond donors (Lipinski definition) is 4. The maximum absolute atomic E-state index is 10.1. The first-order valence-electron chi connectivity index (χ1n) is 18.5. The first kappa shape index (κ1) is 50.1. The minimum absolute atomic E-state index is 1.05. The highest BCUT2D eigenvalue weighted by Crippen LogP contribution is 2.15. The summed E-state index contributed by atoms with van der Waals surface area (Å²) in [7, 11) is 13.0. The first-order chi connectivity index (χ1) is 25.6. The van der Waals surface area contributed by atoms with Gasteiger partial charge in [0.2, 0.25) is 0 Å². The van der Waals surface area contributed by atoms with E-state index in [0.717, 1.165) is 19.3 Å². The summed E-state index contributed by atoms with van der Waals surface area (Å²) in [6, 6.07) is 25.9. The number of carbonyl (C=O) groups is 3. The van der Waals surface area contributed by atoms with Crippen LogP contribution in [0.15, 0.2) is 108 Å². The molecule has 3 aromatic carbocycles. The van der Waals surface area contributed by atoms with E-state index in [2.05, 4.69) is 175 Å². The second kappa shape index (κ2) is 26.0. The van der Waals surface area contributed by atoms with Crippen molar-refractivity contribution in [1.82, 2.24) is 0 Å². The molecule has 0 amide bonds. The lowest BCUT2D eigenvalue weighted by Gasteiger charge is -2.29. The highest BCUT2D eigenvalue weighted by atomic mass is 16.4. The van der Waals surface area contributed by atoms with Crippen LogP contribution in [0, 0.1) is 0 Å². The summed E-state index contributed by atoms with van der Waals surface area (Å²) in [6.07, 6.45) is 7.26. The van der Waals surface area contributed by atoms with E-state index in [9.17, 15) is 29.7 Å². The molecule has 55 heavy (non-hydrogen) atoms. The van der Waals surface area contributed by atoms with Crippen LogP contribution in [-0.4, -0.2) is 70.9 Å². The molecule has 0 fully saturated rings. The van der Waals surface area contributed by atoms with Gasteiger partial charge in [0.15, 0.2) is 0 Å². The molecule has 0 saturated carbocycles. The average molecular weight is 760 g/mol. The van der Waals surface area contributed by atoms with Gasteiger partial charge in [-0.2, -0.15) is 0 Å². The van der Waals surface area contributed by atoms with Crippen LogP contribution in [0.4, 0.5) is 17.1 Å². The molecule has 0 aliphatic heterocycles. The normalized spacial score (nSPS) is 10.5. The lowest BCUT2D eigenvalue weighted by Crippen LogP contribution is -3.00. The quantitative estimate of drug-likeness (QED) is 0.176. The molecule has 0 atom stereocenters. The minimum Gasteiger partial charge on any atom is -0.550 e. The fraction of sp³-hybridized carbons (Fsp3) is 0.400. The molecular formula is C45H65N3O7. The van der Waals surface area contributed by atoms with Gasteiger partial charge in [-0.3, -0.25) is 0 Å². The molecule has 0 aliphatic rings. The summed E-state index contributed by atoms with van der Waals surface area (Å²) in [4.78, 5) is 34.2. The van der Waals surface area contributed by atoms with Crippen molar-refractivity contribution in [2.75, 3.05) is 42.3 Å². The number of carboxylic acids is 3. The molecule has 4 N–H and O–H groups in total. The van der Waals surface area contributed by atoms with Crippen LogP contribution in [-0.2, 0) is 33.6 Å². The van der Waals surface area contributed by atoms with Crippen LogP contribution in [0.3, 0.4) is 0 Å². The van der Waals surface area contributed by atoms with Crippen molar-refractivity contribution in [2.45, 2.75) is 79.2 Å². The molecule has 0 radical (unpaired) electrons. The Morgan fingerprint density at radius 3 is 0.927 bits per heavy atom. The van der Waals surface area contributed by atoms with Crippen molar-refractivity contribution in [3.05, 3.63) is 124 Å². The van der Waals surface area contributed by atoms with Crippen LogP contribution in [0.2, 0.25) is 0 Å². The van der Waals surface area contributed by atoms with E-state index < -0.39 is 36.4 Å². The Bertz CT molecular complexity index is 1550. The molecule has 10 nitrogen and oxygen atoms in total. The molecule has 0 aliphatic carbocycles. The number of aliphatic hydroxyl groups is 1. The highest BCUT2D eigenvalue weighted by molar-refractivity contribution is 5.86. The van der Waals surface area contributed by atoms with Crippen molar-refractivity contribution >= 4 is 35.0 Å². The van der Waals surface area contributed by atoms with Gasteiger partial charge in [-0.1, -0.05) is 89.5 Å². The van der Waals surface area contributed by atoms with Crippen molar-refractivity contribution in [3.8, 4) is 0 Å². The molecule has 0 aromatic heterocycles. The third-order valence-corrected chi connectivity index (χ3v) is 8.11. The molecule has 0 saturated heterocycles. The van der Waals surface area contributed by atoms with Gasteiger partial charge in [0, 0.05) is 41.5 Å². The van der Waals surface area contributed by atoms with Gasteiger partial charge in [0.25, 0.3) is 0 Å². The number of carboxylic acid groups (broad SMARTS) is 3. The number of carbonyl (C=O) groups excluding carboxylic acids is 3. The minimum atomic E-state index is -2.97. The number of hydrogen-bond acceptors (Lipinski definition) is 7. The Morgan fingerprint density at radius 1 is 0.509 bits per heavy atom. The Hall–Kier alpha value is -4.87. The Balaban J connectivity index is 0.000000707. The Kier molecular flexibility index (Phi) is 23.7. The second-order valence-electron chi connectivity index (χ2n) is 14.8. The largest absolute Gasteiger partial charge is 0.550 e. The highest BCUT2D eigenvalue weighted by Gasteiger charge is 2.29. The molecule has 302 valence electrons. The molecule has 0 unspecified atom stereocenters. The molecule has 3 rings (SSSR count). The summed E-state index contributed by atoms with van der Waals surface area (Å²) in [6.45, 7) is 12.9. The maximum atomic E-state index is 10.1. The fourth-order valence-corrected chi connectivity index (χ4v) is 5.18. The maximum Gasteiger partial charge on any atom is 0.134 e. The SMILES string of the molecule is CC(C)=CCc1ccccc1[NH+](C)C.CC(C)=CCc1ccccc1[NH+](C)C.CC(C)=CCc1ccccc1[NH+](C)C.O=C([O-])CC(O)(CC(=O)[O-])C(=O)[O-]. The van der Waals surface area contributed by atoms with Crippen LogP contribution >= 0.6 is 0 Å². The topological polar surface area (TPSA) is 154 Å². The lowest BCUT2D eigenvalue weighted by atomic mass is 9.96. The van der Waals surface area contributed by atoms with Crippen molar-refractivity contribution in [3.63, 3.8) is 0 Å². The number of benzene rings is 3. The third kappa shape index (κ3) is 21.6. The van der Waals surface area contributed by atoms with Crippen molar-refractivity contribution < 1.29 is 49.5 Å². The number of rotatable bonds is 14. The predicted octanol–water partition coefficient (Wildman–Crippen LogP) is 0.661.